The van der Waals surface area contributed by atoms with Gasteiger partial charge in [0.2, 0.25) is 0 Å². The monoisotopic (exact) mass is 201 g/mol. The first kappa shape index (κ1) is 10.1. The number of nitrogens with zero attached hydrogens (tertiary/aromatic N) is 1. The standard InChI is InChI=1S/C13H15NO/c1-2-10(9-15)13-8-7-11-5-3-4-6-12(11)14-13/h3-8,10,15H,2,9H2,1H3. The molecule has 0 amide bonds. The summed E-state index contributed by atoms with van der Waals surface area (Å²) in [5.74, 6) is 0.162. The van der Waals surface area contributed by atoms with Gasteiger partial charge in [0.05, 0.1) is 12.1 Å². The van der Waals surface area contributed by atoms with Crippen LogP contribution in [0.4, 0.5) is 0 Å². The van der Waals surface area contributed by atoms with Crippen LogP contribution in [0.25, 0.3) is 10.9 Å². The Bertz CT molecular complexity index is 449. The number of hydrogen-bond donors (Lipinski definition) is 1. The van der Waals surface area contributed by atoms with E-state index in [0.717, 1.165) is 23.0 Å². The highest BCUT2D eigenvalue weighted by molar-refractivity contribution is 5.78. The first-order chi connectivity index (χ1) is 7.35. The largest absolute Gasteiger partial charge is 0.396 e. The van der Waals surface area contributed by atoms with Crippen molar-refractivity contribution in [3.63, 3.8) is 0 Å². The lowest BCUT2D eigenvalue weighted by atomic mass is 10.0. The lowest BCUT2D eigenvalue weighted by molar-refractivity contribution is 0.260. The molecular formula is C13H15NO. The van der Waals surface area contributed by atoms with Crippen LogP contribution in [0.1, 0.15) is 25.0 Å². The molecule has 15 heavy (non-hydrogen) atoms. The van der Waals surface area contributed by atoms with Gasteiger partial charge >= 0.3 is 0 Å². The van der Waals surface area contributed by atoms with Crippen molar-refractivity contribution in [2.24, 2.45) is 0 Å². The van der Waals surface area contributed by atoms with Gasteiger partial charge in [0, 0.05) is 17.0 Å². The van der Waals surface area contributed by atoms with E-state index in [4.69, 9.17) is 0 Å². The van der Waals surface area contributed by atoms with E-state index < -0.39 is 0 Å². The van der Waals surface area contributed by atoms with Crippen LogP contribution in [0.5, 0.6) is 0 Å². The quantitative estimate of drug-likeness (QED) is 0.828. The molecule has 0 fully saturated rings. The molecule has 2 heteroatoms. The van der Waals surface area contributed by atoms with E-state index >= 15 is 0 Å². The first-order valence-electron chi connectivity index (χ1n) is 5.31. The normalized spacial score (nSPS) is 12.9. The maximum absolute atomic E-state index is 9.21. The van der Waals surface area contributed by atoms with E-state index in [1.165, 1.54) is 0 Å². The van der Waals surface area contributed by atoms with Crippen LogP contribution >= 0.6 is 0 Å². The fourth-order valence-electron chi connectivity index (χ4n) is 1.74. The Balaban J connectivity index is 2.46. The van der Waals surface area contributed by atoms with E-state index in [1.807, 2.05) is 30.3 Å². The molecule has 0 aliphatic heterocycles. The fourth-order valence-corrected chi connectivity index (χ4v) is 1.74. The Morgan fingerprint density at radius 3 is 2.73 bits per heavy atom. The van der Waals surface area contributed by atoms with E-state index in [1.54, 1.807) is 0 Å². The summed E-state index contributed by atoms with van der Waals surface area (Å²) in [4.78, 5) is 4.56. The summed E-state index contributed by atoms with van der Waals surface area (Å²) in [6, 6.07) is 12.1. The van der Waals surface area contributed by atoms with Crippen LogP contribution in [0.2, 0.25) is 0 Å². The SMILES string of the molecule is CCC(CO)c1ccc2ccccc2n1. The fraction of sp³-hybridized carbons (Fsp3) is 0.308. The zero-order valence-corrected chi connectivity index (χ0v) is 8.85. The molecule has 1 aromatic carbocycles. The zero-order chi connectivity index (χ0) is 10.7. The van der Waals surface area contributed by atoms with Gasteiger partial charge in [-0.2, -0.15) is 0 Å². The highest BCUT2D eigenvalue weighted by Gasteiger charge is 2.09. The number of aliphatic hydroxyl groups is 1. The van der Waals surface area contributed by atoms with Crippen LogP contribution in [0, 0.1) is 0 Å². The number of benzene rings is 1. The van der Waals surface area contributed by atoms with Gasteiger partial charge in [0.25, 0.3) is 0 Å². The molecule has 2 aromatic rings. The Morgan fingerprint density at radius 2 is 2.00 bits per heavy atom. The Hall–Kier alpha value is -1.41. The number of aromatic nitrogens is 1. The van der Waals surface area contributed by atoms with Crippen LogP contribution in [0.15, 0.2) is 36.4 Å². The van der Waals surface area contributed by atoms with Crippen molar-refractivity contribution in [2.75, 3.05) is 6.61 Å². The second kappa shape index (κ2) is 4.41. The zero-order valence-electron chi connectivity index (χ0n) is 8.85. The first-order valence-corrected chi connectivity index (χ1v) is 5.31. The molecule has 0 spiro atoms. The number of rotatable bonds is 3. The average Bonchev–Trinajstić information content (AvgIpc) is 2.30. The van der Waals surface area contributed by atoms with Gasteiger partial charge in [-0.3, -0.25) is 4.98 Å². The third-order valence-corrected chi connectivity index (χ3v) is 2.75. The minimum absolute atomic E-state index is 0.162. The van der Waals surface area contributed by atoms with Crippen molar-refractivity contribution in [1.29, 1.82) is 0 Å². The molecule has 78 valence electrons. The molecule has 1 heterocycles. The third kappa shape index (κ3) is 2.00. The van der Waals surface area contributed by atoms with Crippen molar-refractivity contribution in [3.05, 3.63) is 42.1 Å². The van der Waals surface area contributed by atoms with Gasteiger partial charge in [-0.1, -0.05) is 31.2 Å². The lowest BCUT2D eigenvalue weighted by Gasteiger charge is -2.11. The van der Waals surface area contributed by atoms with Crippen molar-refractivity contribution < 1.29 is 5.11 Å². The maximum atomic E-state index is 9.21. The molecule has 0 saturated heterocycles. The Kier molecular flexibility index (Phi) is 2.97. The van der Waals surface area contributed by atoms with Gasteiger partial charge in [0.15, 0.2) is 0 Å². The summed E-state index contributed by atoms with van der Waals surface area (Å²) in [5.41, 5.74) is 1.99. The topological polar surface area (TPSA) is 33.1 Å². The predicted molar refractivity (Wildman–Crippen MR) is 61.9 cm³/mol. The minimum atomic E-state index is 0.162. The van der Waals surface area contributed by atoms with E-state index in [9.17, 15) is 5.11 Å². The molecule has 0 aliphatic carbocycles. The summed E-state index contributed by atoms with van der Waals surface area (Å²) in [6.45, 7) is 2.24. The van der Waals surface area contributed by atoms with Crippen molar-refractivity contribution in [1.82, 2.24) is 4.98 Å². The molecule has 2 nitrogen and oxygen atoms in total. The van der Waals surface area contributed by atoms with Crippen LogP contribution in [0.3, 0.4) is 0 Å². The Labute approximate surface area is 89.6 Å². The average molecular weight is 201 g/mol. The second-order valence-corrected chi connectivity index (χ2v) is 3.72. The third-order valence-electron chi connectivity index (χ3n) is 2.75. The molecule has 1 unspecified atom stereocenters. The molecule has 0 bridgehead atoms. The summed E-state index contributed by atoms with van der Waals surface area (Å²) < 4.78 is 0. The van der Waals surface area contributed by atoms with Gasteiger partial charge in [-0.15, -0.1) is 0 Å². The smallest absolute Gasteiger partial charge is 0.0705 e. The molecule has 2 rings (SSSR count). The van der Waals surface area contributed by atoms with Crippen molar-refractivity contribution >= 4 is 10.9 Å². The summed E-state index contributed by atoms with van der Waals surface area (Å²) in [7, 11) is 0. The number of para-hydroxylation sites is 1. The van der Waals surface area contributed by atoms with Gasteiger partial charge < -0.3 is 5.11 Å². The van der Waals surface area contributed by atoms with Crippen molar-refractivity contribution in [3.8, 4) is 0 Å². The van der Waals surface area contributed by atoms with Gasteiger partial charge in [-0.05, 0) is 18.6 Å². The van der Waals surface area contributed by atoms with E-state index in [-0.39, 0.29) is 12.5 Å². The second-order valence-electron chi connectivity index (χ2n) is 3.72. The lowest BCUT2D eigenvalue weighted by Crippen LogP contribution is -2.04. The van der Waals surface area contributed by atoms with Gasteiger partial charge in [-0.25, -0.2) is 0 Å². The molecule has 0 radical (unpaired) electrons. The van der Waals surface area contributed by atoms with Gasteiger partial charge in [0.1, 0.15) is 0 Å². The highest BCUT2D eigenvalue weighted by Crippen LogP contribution is 2.20. The molecule has 0 aliphatic rings. The highest BCUT2D eigenvalue weighted by atomic mass is 16.3. The summed E-state index contributed by atoms with van der Waals surface area (Å²) in [6.07, 6.45) is 0.918. The van der Waals surface area contributed by atoms with Crippen LogP contribution in [-0.4, -0.2) is 16.7 Å². The minimum Gasteiger partial charge on any atom is -0.396 e. The molecular weight excluding hydrogens is 186 g/mol. The predicted octanol–water partition coefficient (Wildman–Crippen LogP) is 2.72. The Morgan fingerprint density at radius 1 is 1.20 bits per heavy atom. The number of hydrogen-bond acceptors (Lipinski definition) is 2. The summed E-state index contributed by atoms with van der Waals surface area (Å²) in [5, 5.41) is 10.4. The van der Waals surface area contributed by atoms with E-state index in [0.29, 0.717) is 0 Å². The summed E-state index contributed by atoms with van der Waals surface area (Å²) >= 11 is 0. The van der Waals surface area contributed by atoms with Crippen LogP contribution < -0.4 is 0 Å². The van der Waals surface area contributed by atoms with Crippen molar-refractivity contribution in [2.45, 2.75) is 19.3 Å². The maximum Gasteiger partial charge on any atom is 0.0705 e. The molecule has 0 saturated carbocycles. The number of fused-ring (bicyclic) bond motifs is 1. The number of aliphatic hydroxyl groups excluding tert-OH is 1. The van der Waals surface area contributed by atoms with Crippen LogP contribution in [-0.2, 0) is 0 Å². The molecule has 1 aromatic heterocycles. The molecule has 1 N–H and O–H groups in total. The molecule has 1 atom stereocenters. The van der Waals surface area contributed by atoms with E-state index in [2.05, 4.69) is 18.0 Å². The number of pyridine rings is 1.